The molecule has 0 radical (unpaired) electrons. The van der Waals surface area contributed by atoms with Gasteiger partial charge in [0.15, 0.2) is 5.01 Å². The Balaban J connectivity index is 1.52. The first kappa shape index (κ1) is 18.7. The molecule has 0 saturated heterocycles. The van der Waals surface area contributed by atoms with Crippen LogP contribution in [0.25, 0.3) is 11.3 Å². The molecule has 1 N–H and O–H groups in total. The van der Waals surface area contributed by atoms with Gasteiger partial charge in [-0.25, -0.2) is 4.98 Å². The van der Waals surface area contributed by atoms with Gasteiger partial charge in [-0.05, 0) is 49.9 Å². The molecule has 2 aromatic rings. The molecule has 1 amide bonds. The van der Waals surface area contributed by atoms with E-state index in [1.807, 2.05) is 18.2 Å². The zero-order valence-corrected chi connectivity index (χ0v) is 17.3. The van der Waals surface area contributed by atoms with Gasteiger partial charge in [-0.2, -0.15) is 0 Å². The maximum atomic E-state index is 12.9. The van der Waals surface area contributed by atoms with Crippen LogP contribution in [0.3, 0.4) is 0 Å². The maximum absolute atomic E-state index is 12.9. The van der Waals surface area contributed by atoms with E-state index in [2.05, 4.69) is 31.3 Å². The predicted molar refractivity (Wildman–Crippen MR) is 112 cm³/mol. The van der Waals surface area contributed by atoms with Crippen molar-refractivity contribution in [1.82, 2.24) is 10.3 Å². The van der Waals surface area contributed by atoms with E-state index >= 15 is 0 Å². The predicted octanol–water partition coefficient (Wildman–Crippen LogP) is 5.85. The average molecular weight is 383 g/mol. The number of fused-ring (bicyclic) bond motifs is 2. The number of nitrogens with zero attached hydrogens (tertiary/aromatic N) is 1. The number of hydrogen-bond donors (Lipinski definition) is 1. The summed E-state index contributed by atoms with van der Waals surface area (Å²) in [7, 11) is 0. The normalized spacial score (nSPS) is 26.4. The van der Waals surface area contributed by atoms with Crippen LogP contribution in [0.5, 0.6) is 0 Å². The zero-order chi connectivity index (χ0) is 18.9. The highest BCUT2D eigenvalue weighted by molar-refractivity contribution is 7.14. The molecule has 2 aliphatic carbocycles. The van der Waals surface area contributed by atoms with Gasteiger partial charge >= 0.3 is 0 Å². The van der Waals surface area contributed by atoms with Crippen molar-refractivity contribution in [2.75, 3.05) is 0 Å². The van der Waals surface area contributed by atoms with Gasteiger partial charge < -0.3 is 5.32 Å². The van der Waals surface area contributed by atoms with Crippen molar-refractivity contribution < 1.29 is 4.79 Å². The molecule has 0 aliphatic heterocycles. The molecule has 4 heteroatoms. The average Bonchev–Trinajstić information content (AvgIpc) is 3.34. The molecule has 4 rings (SSSR count). The Morgan fingerprint density at radius 1 is 1.26 bits per heavy atom. The highest BCUT2D eigenvalue weighted by Gasteiger charge is 2.48. The molecule has 1 aromatic carbocycles. The van der Waals surface area contributed by atoms with Crippen molar-refractivity contribution in [2.24, 2.45) is 11.3 Å². The van der Waals surface area contributed by atoms with E-state index in [9.17, 15) is 4.79 Å². The molecule has 2 aliphatic rings. The summed E-state index contributed by atoms with van der Waals surface area (Å²) in [5, 5.41) is 3.95. The first-order valence-corrected chi connectivity index (χ1v) is 11.3. The van der Waals surface area contributed by atoms with Gasteiger partial charge in [-0.15, -0.1) is 11.3 Å². The quantitative estimate of drug-likeness (QED) is 0.610. The lowest BCUT2D eigenvalue weighted by Crippen LogP contribution is -2.39. The topological polar surface area (TPSA) is 42.0 Å². The third-order valence-corrected chi connectivity index (χ3v) is 7.53. The van der Waals surface area contributed by atoms with E-state index < -0.39 is 0 Å². The van der Waals surface area contributed by atoms with Crippen LogP contribution in [0.4, 0.5) is 0 Å². The minimum absolute atomic E-state index is 0.0278. The monoisotopic (exact) mass is 382 g/mol. The van der Waals surface area contributed by atoms with Crippen LogP contribution in [-0.2, 0) is 6.42 Å². The first-order chi connectivity index (χ1) is 13.1. The molecule has 2 fully saturated rings. The van der Waals surface area contributed by atoms with Gasteiger partial charge in [0, 0.05) is 16.5 Å². The number of unbranched alkanes of at least 4 members (excludes halogenated alkanes) is 2. The third-order valence-electron chi connectivity index (χ3n) is 6.42. The zero-order valence-electron chi connectivity index (χ0n) is 16.5. The van der Waals surface area contributed by atoms with Gasteiger partial charge in [-0.3, -0.25) is 4.79 Å². The third kappa shape index (κ3) is 3.96. The number of thiazole rings is 1. The molecule has 0 spiro atoms. The van der Waals surface area contributed by atoms with Gasteiger partial charge in [0.2, 0.25) is 0 Å². The summed E-state index contributed by atoms with van der Waals surface area (Å²) in [6, 6.07) is 10.6. The Kier molecular flexibility index (Phi) is 5.36. The number of aryl methyl sites for hydroxylation is 1. The second-order valence-electron chi connectivity index (χ2n) is 8.71. The summed E-state index contributed by atoms with van der Waals surface area (Å²) in [5.41, 5.74) is 2.57. The lowest BCUT2D eigenvalue weighted by molar-refractivity contribution is 0.0918. The number of hydrogen-bond acceptors (Lipinski definition) is 3. The van der Waals surface area contributed by atoms with Gasteiger partial charge in [-0.1, -0.05) is 57.0 Å². The van der Waals surface area contributed by atoms with Crippen LogP contribution in [-0.4, -0.2) is 16.9 Å². The Bertz CT molecular complexity index is 800. The van der Waals surface area contributed by atoms with Crippen molar-refractivity contribution in [2.45, 2.75) is 71.3 Å². The number of amides is 1. The fourth-order valence-electron chi connectivity index (χ4n) is 4.97. The summed E-state index contributed by atoms with van der Waals surface area (Å²) < 4.78 is 0. The largest absolute Gasteiger partial charge is 0.347 e. The molecule has 1 heterocycles. The molecular formula is C23H30N2OS. The lowest BCUT2D eigenvalue weighted by Gasteiger charge is -2.26. The van der Waals surface area contributed by atoms with E-state index in [1.54, 1.807) is 11.3 Å². The van der Waals surface area contributed by atoms with Crippen molar-refractivity contribution in [3.63, 3.8) is 0 Å². The van der Waals surface area contributed by atoms with Crippen LogP contribution in [0.2, 0.25) is 0 Å². The van der Waals surface area contributed by atoms with Crippen molar-refractivity contribution in [1.29, 1.82) is 0 Å². The lowest BCUT2D eigenvalue weighted by atomic mass is 9.85. The smallest absolute Gasteiger partial charge is 0.280 e. The summed E-state index contributed by atoms with van der Waals surface area (Å²) in [5.74, 6) is 0.691. The van der Waals surface area contributed by atoms with Crippen molar-refractivity contribution in [3.05, 3.63) is 40.2 Å². The van der Waals surface area contributed by atoms with E-state index in [4.69, 9.17) is 4.98 Å². The van der Waals surface area contributed by atoms with Gasteiger partial charge in [0.05, 0.1) is 5.69 Å². The SMILES string of the molecule is CCCCCc1sc(C(=O)NC2CC3(C)CCC2C3)nc1-c1ccccc1. The second-order valence-corrected chi connectivity index (χ2v) is 9.80. The first-order valence-electron chi connectivity index (χ1n) is 10.4. The second kappa shape index (κ2) is 7.75. The highest BCUT2D eigenvalue weighted by atomic mass is 32.1. The fraction of sp³-hybridized carbons (Fsp3) is 0.565. The Morgan fingerprint density at radius 2 is 2.07 bits per heavy atom. The number of benzene rings is 1. The number of carbonyl (C=O) groups is 1. The molecule has 2 bridgehead atoms. The van der Waals surface area contributed by atoms with Gasteiger partial charge in [0.1, 0.15) is 0 Å². The summed E-state index contributed by atoms with van der Waals surface area (Å²) in [6.07, 6.45) is 9.56. The Labute approximate surface area is 166 Å². The van der Waals surface area contributed by atoms with Crippen LogP contribution in [0.15, 0.2) is 30.3 Å². The standard InChI is InChI=1S/C23H30N2OS/c1-3-4-6-11-19-20(16-9-7-5-8-10-16)25-22(27-19)21(26)24-18-15-23(2)13-12-17(18)14-23/h5,7-10,17-18H,3-4,6,11-15H2,1-2H3,(H,24,26). The number of rotatable bonds is 7. The maximum Gasteiger partial charge on any atom is 0.280 e. The summed E-state index contributed by atoms with van der Waals surface area (Å²) in [6.45, 7) is 4.60. The summed E-state index contributed by atoms with van der Waals surface area (Å²) >= 11 is 1.59. The molecule has 3 unspecified atom stereocenters. The molecule has 3 nitrogen and oxygen atoms in total. The van der Waals surface area contributed by atoms with Crippen LogP contribution >= 0.6 is 11.3 Å². The van der Waals surface area contributed by atoms with Crippen molar-refractivity contribution in [3.8, 4) is 11.3 Å². The molecule has 1 aromatic heterocycles. The van der Waals surface area contributed by atoms with Crippen LogP contribution < -0.4 is 5.32 Å². The molecule has 3 atom stereocenters. The van der Waals surface area contributed by atoms with E-state index in [0.29, 0.717) is 22.4 Å². The number of nitrogens with one attached hydrogen (secondary N) is 1. The van der Waals surface area contributed by atoms with E-state index in [-0.39, 0.29) is 5.91 Å². The number of carbonyl (C=O) groups excluding carboxylic acids is 1. The van der Waals surface area contributed by atoms with Crippen LogP contribution in [0, 0.1) is 11.3 Å². The molecule has 27 heavy (non-hydrogen) atoms. The van der Waals surface area contributed by atoms with E-state index in [0.717, 1.165) is 30.5 Å². The minimum atomic E-state index is 0.0278. The minimum Gasteiger partial charge on any atom is -0.347 e. The number of aromatic nitrogens is 1. The highest BCUT2D eigenvalue weighted by Crippen LogP contribution is 2.53. The Hall–Kier alpha value is -1.68. The van der Waals surface area contributed by atoms with E-state index in [1.165, 1.54) is 37.0 Å². The molecular weight excluding hydrogens is 352 g/mol. The molecule has 144 valence electrons. The van der Waals surface area contributed by atoms with Gasteiger partial charge in [0.25, 0.3) is 5.91 Å². The summed E-state index contributed by atoms with van der Waals surface area (Å²) in [4.78, 5) is 19.0. The Morgan fingerprint density at radius 3 is 2.74 bits per heavy atom. The van der Waals surface area contributed by atoms with Crippen LogP contribution in [0.1, 0.15) is 73.5 Å². The van der Waals surface area contributed by atoms with Crippen molar-refractivity contribution >= 4 is 17.2 Å². The molecule has 2 saturated carbocycles. The fourth-order valence-corrected chi connectivity index (χ4v) is 6.00.